The Bertz CT molecular complexity index is 975. The molecule has 1 aromatic heterocycles. The number of benzene rings is 2. The number of hydrazone groups is 1. The van der Waals surface area contributed by atoms with Crippen LogP contribution in [0.3, 0.4) is 0 Å². The highest BCUT2D eigenvalue weighted by atomic mass is 16.3. The Hall–Kier alpha value is -3.67. The Balaban J connectivity index is 1.66. The van der Waals surface area contributed by atoms with Gasteiger partial charge in [0, 0.05) is 0 Å². The molecule has 142 valence electrons. The summed E-state index contributed by atoms with van der Waals surface area (Å²) in [6.07, 6.45) is 2.99. The van der Waals surface area contributed by atoms with Gasteiger partial charge in [0.1, 0.15) is 0 Å². The molecule has 0 aliphatic heterocycles. The maximum absolute atomic E-state index is 12.5. The summed E-state index contributed by atoms with van der Waals surface area (Å²) in [5.74, 6) is -0.235. The maximum atomic E-state index is 12.5. The van der Waals surface area contributed by atoms with Crippen molar-refractivity contribution in [3.8, 4) is 0 Å². The zero-order chi connectivity index (χ0) is 19.9. The molecule has 6 heteroatoms. The molecule has 0 saturated heterocycles. The number of hydrogen-bond acceptors (Lipinski definition) is 4. The zero-order valence-electron chi connectivity index (χ0n) is 15.7. The summed E-state index contributed by atoms with van der Waals surface area (Å²) < 4.78 is 5.07. The topological polar surface area (TPSA) is 83.7 Å². The van der Waals surface area contributed by atoms with Crippen molar-refractivity contribution in [3.05, 3.63) is 89.4 Å². The van der Waals surface area contributed by atoms with Gasteiger partial charge in [0.25, 0.3) is 11.8 Å². The summed E-state index contributed by atoms with van der Waals surface area (Å²) in [7, 11) is 0. The number of carbonyl (C=O) groups excluding carboxylic acids is 2. The van der Waals surface area contributed by atoms with Crippen molar-refractivity contribution in [2.45, 2.75) is 19.8 Å². The van der Waals surface area contributed by atoms with Gasteiger partial charge >= 0.3 is 0 Å². The van der Waals surface area contributed by atoms with E-state index in [0.29, 0.717) is 17.2 Å². The van der Waals surface area contributed by atoms with E-state index in [9.17, 15) is 9.59 Å². The lowest BCUT2D eigenvalue weighted by Gasteiger charge is -2.09. The van der Waals surface area contributed by atoms with Crippen LogP contribution in [0.1, 0.15) is 51.8 Å². The van der Waals surface area contributed by atoms with Crippen molar-refractivity contribution >= 4 is 23.7 Å². The highest BCUT2D eigenvalue weighted by molar-refractivity contribution is 6.07. The van der Waals surface area contributed by atoms with Gasteiger partial charge in [0.15, 0.2) is 5.76 Å². The first kappa shape index (κ1) is 19.1. The third kappa shape index (κ3) is 4.73. The van der Waals surface area contributed by atoms with E-state index in [1.54, 1.807) is 42.6 Å². The monoisotopic (exact) mass is 375 g/mol. The molecule has 28 heavy (non-hydrogen) atoms. The van der Waals surface area contributed by atoms with Gasteiger partial charge in [-0.1, -0.05) is 50.2 Å². The second-order valence-electron chi connectivity index (χ2n) is 6.50. The Morgan fingerprint density at radius 1 is 0.964 bits per heavy atom. The molecule has 0 aliphatic carbocycles. The largest absolute Gasteiger partial charge is 0.459 e. The molecule has 3 rings (SSSR count). The molecule has 0 spiro atoms. The van der Waals surface area contributed by atoms with E-state index >= 15 is 0 Å². The number of furan rings is 1. The van der Waals surface area contributed by atoms with Crippen LogP contribution in [-0.2, 0) is 0 Å². The van der Waals surface area contributed by atoms with Gasteiger partial charge in [-0.15, -0.1) is 0 Å². The van der Waals surface area contributed by atoms with Gasteiger partial charge < -0.3 is 9.73 Å². The molecule has 1 heterocycles. The standard InChI is InChI=1S/C22H21N3O3/c1-15(2)17-11-9-16(10-12-17)14-23-25-21(26)18-6-3-4-7-19(18)24-22(27)20-8-5-13-28-20/h3-15H,1-2H3,(H,24,27)(H,25,26). The minimum Gasteiger partial charge on any atom is -0.459 e. The molecule has 0 fully saturated rings. The number of hydrogen-bond donors (Lipinski definition) is 2. The maximum Gasteiger partial charge on any atom is 0.291 e. The first-order valence-corrected chi connectivity index (χ1v) is 8.92. The third-order valence-corrected chi connectivity index (χ3v) is 4.15. The molecule has 0 atom stereocenters. The minimum absolute atomic E-state index is 0.165. The molecule has 2 N–H and O–H groups in total. The van der Waals surface area contributed by atoms with E-state index in [1.165, 1.54) is 11.8 Å². The smallest absolute Gasteiger partial charge is 0.291 e. The second-order valence-corrected chi connectivity index (χ2v) is 6.50. The molecule has 6 nitrogen and oxygen atoms in total. The first-order chi connectivity index (χ1) is 13.5. The summed E-state index contributed by atoms with van der Waals surface area (Å²) in [5, 5.41) is 6.68. The number of nitrogens with zero attached hydrogens (tertiary/aromatic N) is 1. The Morgan fingerprint density at radius 2 is 1.71 bits per heavy atom. The SMILES string of the molecule is CC(C)c1ccc(C=NNC(=O)c2ccccc2NC(=O)c2ccco2)cc1. The van der Waals surface area contributed by atoms with Crippen LogP contribution in [0.25, 0.3) is 0 Å². The quantitative estimate of drug-likeness (QED) is 0.494. The molecule has 2 aromatic carbocycles. The fourth-order valence-electron chi connectivity index (χ4n) is 2.57. The van der Waals surface area contributed by atoms with Crippen molar-refractivity contribution in [2.75, 3.05) is 5.32 Å². The zero-order valence-corrected chi connectivity index (χ0v) is 15.7. The van der Waals surface area contributed by atoms with E-state index in [0.717, 1.165) is 5.56 Å². The molecule has 0 bridgehead atoms. The fourth-order valence-corrected chi connectivity index (χ4v) is 2.57. The molecule has 3 aromatic rings. The third-order valence-electron chi connectivity index (χ3n) is 4.15. The predicted molar refractivity (Wildman–Crippen MR) is 109 cm³/mol. The van der Waals surface area contributed by atoms with Crippen molar-refractivity contribution in [1.29, 1.82) is 0 Å². The predicted octanol–water partition coefficient (Wildman–Crippen LogP) is 4.42. The van der Waals surface area contributed by atoms with Crippen molar-refractivity contribution in [3.63, 3.8) is 0 Å². The van der Waals surface area contributed by atoms with Crippen LogP contribution in [0.15, 0.2) is 76.4 Å². The van der Waals surface area contributed by atoms with Crippen LogP contribution >= 0.6 is 0 Å². The molecular formula is C22H21N3O3. The summed E-state index contributed by atoms with van der Waals surface area (Å²) in [6, 6.07) is 17.8. The Labute approximate surface area is 163 Å². The molecule has 0 aliphatic rings. The highest BCUT2D eigenvalue weighted by Gasteiger charge is 2.15. The summed E-state index contributed by atoms with van der Waals surface area (Å²) in [6.45, 7) is 4.26. The Morgan fingerprint density at radius 3 is 2.39 bits per heavy atom. The average molecular weight is 375 g/mol. The van der Waals surface area contributed by atoms with Crippen LogP contribution in [0.5, 0.6) is 0 Å². The number of carbonyl (C=O) groups is 2. The molecule has 2 amide bonds. The number of anilines is 1. The number of rotatable bonds is 6. The van der Waals surface area contributed by atoms with Gasteiger partial charge in [-0.25, -0.2) is 5.43 Å². The van der Waals surface area contributed by atoms with Crippen LogP contribution in [0.4, 0.5) is 5.69 Å². The summed E-state index contributed by atoms with van der Waals surface area (Å²) in [4.78, 5) is 24.6. The van der Waals surface area contributed by atoms with Gasteiger partial charge in [0.2, 0.25) is 0 Å². The van der Waals surface area contributed by atoms with Crippen LogP contribution in [0.2, 0.25) is 0 Å². The van der Waals surface area contributed by atoms with Gasteiger partial charge in [-0.05, 0) is 41.3 Å². The number of amides is 2. The highest BCUT2D eigenvalue weighted by Crippen LogP contribution is 2.17. The van der Waals surface area contributed by atoms with E-state index < -0.39 is 11.8 Å². The summed E-state index contributed by atoms with van der Waals surface area (Å²) >= 11 is 0. The van der Waals surface area contributed by atoms with E-state index in [1.807, 2.05) is 24.3 Å². The fraction of sp³-hybridized carbons (Fsp3) is 0.136. The number of para-hydroxylation sites is 1. The first-order valence-electron chi connectivity index (χ1n) is 8.92. The number of nitrogens with one attached hydrogen (secondary N) is 2. The van der Waals surface area contributed by atoms with Crippen molar-refractivity contribution in [1.82, 2.24) is 5.43 Å². The Kier molecular flexibility index (Phi) is 6.01. The van der Waals surface area contributed by atoms with Gasteiger partial charge in [0.05, 0.1) is 23.7 Å². The average Bonchev–Trinajstić information content (AvgIpc) is 3.24. The lowest BCUT2D eigenvalue weighted by atomic mass is 10.0. The lowest BCUT2D eigenvalue weighted by molar-refractivity contribution is 0.0956. The lowest BCUT2D eigenvalue weighted by Crippen LogP contribution is -2.21. The molecule has 0 radical (unpaired) electrons. The van der Waals surface area contributed by atoms with Gasteiger partial charge in [-0.3, -0.25) is 9.59 Å². The normalized spacial score (nSPS) is 11.0. The second kappa shape index (κ2) is 8.81. The van der Waals surface area contributed by atoms with E-state index in [-0.39, 0.29) is 5.76 Å². The van der Waals surface area contributed by atoms with E-state index in [2.05, 4.69) is 29.7 Å². The van der Waals surface area contributed by atoms with E-state index in [4.69, 9.17) is 4.42 Å². The molecular weight excluding hydrogens is 354 g/mol. The summed E-state index contributed by atoms with van der Waals surface area (Å²) in [5.41, 5.74) is 5.28. The van der Waals surface area contributed by atoms with Crippen LogP contribution < -0.4 is 10.7 Å². The minimum atomic E-state index is -0.431. The van der Waals surface area contributed by atoms with Crippen LogP contribution in [0, 0.1) is 0 Å². The molecule has 0 unspecified atom stereocenters. The molecule has 0 saturated carbocycles. The van der Waals surface area contributed by atoms with Gasteiger partial charge in [-0.2, -0.15) is 5.10 Å². The van der Waals surface area contributed by atoms with Crippen molar-refractivity contribution < 1.29 is 14.0 Å². The van der Waals surface area contributed by atoms with Crippen molar-refractivity contribution in [2.24, 2.45) is 5.10 Å². The van der Waals surface area contributed by atoms with Crippen LogP contribution in [-0.4, -0.2) is 18.0 Å².